The van der Waals surface area contributed by atoms with Gasteiger partial charge in [0.1, 0.15) is 0 Å². The fourth-order valence-corrected chi connectivity index (χ4v) is 1.26. The maximum absolute atomic E-state index is 10.8. The van der Waals surface area contributed by atoms with Crippen LogP contribution in [0.15, 0.2) is 0 Å². The highest BCUT2D eigenvalue weighted by atomic mass is 16.8. The Labute approximate surface area is 81.8 Å². The van der Waals surface area contributed by atoms with Gasteiger partial charge in [0.25, 0.3) is 6.03 Å². The molecule has 0 radical (unpaired) electrons. The number of carboxylic acids is 1. The zero-order valence-electron chi connectivity index (χ0n) is 8.33. The van der Waals surface area contributed by atoms with E-state index in [2.05, 4.69) is 16.0 Å². The largest absolute Gasteiger partial charge is 0.479 e. The summed E-state index contributed by atoms with van der Waals surface area (Å²) in [4.78, 5) is 10.8. The highest BCUT2D eigenvalue weighted by Crippen LogP contribution is 2.22. The van der Waals surface area contributed by atoms with Crippen LogP contribution in [0, 0.1) is 0 Å². The molecule has 7 heteroatoms. The van der Waals surface area contributed by atoms with Crippen molar-refractivity contribution >= 4 is 5.97 Å². The van der Waals surface area contributed by atoms with E-state index in [9.17, 15) is 4.79 Å². The molecule has 14 heavy (non-hydrogen) atoms. The first-order valence-electron chi connectivity index (χ1n) is 4.22. The summed E-state index contributed by atoms with van der Waals surface area (Å²) < 4.78 is 10.5. The van der Waals surface area contributed by atoms with Gasteiger partial charge in [-0.05, 0) is 21.1 Å². The van der Waals surface area contributed by atoms with Crippen molar-refractivity contribution in [3.8, 4) is 0 Å². The standard InChI is InChI=1S/C7H15N3O4/c1-8-5-4(6(11)12)13-7(9-2,10-3)14-5/h4-5,8-10H,1-3H3,(H,11,12). The van der Waals surface area contributed by atoms with Crippen LogP contribution in [0.3, 0.4) is 0 Å². The Balaban J connectivity index is 2.77. The summed E-state index contributed by atoms with van der Waals surface area (Å²) >= 11 is 0. The zero-order chi connectivity index (χ0) is 10.8. The second-order valence-corrected chi connectivity index (χ2v) is 2.82. The molecule has 0 aromatic carbocycles. The second-order valence-electron chi connectivity index (χ2n) is 2.82. The van der Waals surface area contributed by atoms with Gasteiger partial charge in [0.15, 0.2) is 12.3 Å². The Morgan fingerprint density at radius 3 is 2.14 bits per heavy atom. The Bertz CT molecular complexity index is 219. The van der Waals surface area contributed by atoms with Crippen molar-refractivity contribution in [3.05, 3.63) is 0 Å². The second kappa shape index (κ2) is 4.20. The average molecular weight is 205 g/mol. The van der Waals surface area contributed by atoms with Gasteiger partial charge < -0.3 is 14.6 Å². The monoisotopic (exact) mass is 205 g/mol. The van der Waals surface area contributed by atoms with Gasteiger partial charge in [-0.25, -0.2) is 4.79 Å². The SMILES string of the molecule is CNC1OC(NC)(NC)OC1C(=O)O. The molecule has 1 aliphatic rings. The van der Waals surface area contributed by atoms with Crippen LogP contribution in [0.1, 0.15) is 0 Å². The molecule has 0 saturated carbocycles. The number of hydrogen-bond donors (Lipinski definition) is 4. The number of ether oxygens (including phenoxy) is 2. The summed E-state index contributed by atoms with van der Waals surface area (Å²) in [5.74, 6) is -1.07. The first-order valence-corrected chi connectivity index (χ1v) is 4.22. The number of carbonyl (C=O) groups is 1. The van der Waals surface area contributed by atoms with E-state index in [4.69, 9.17) is 14.6 Å². The van der Waals surface area contributed by atoms with Crippen molar-refractivity contribution in [1.82, 2.24) is 16.0 Å². The Morgan fingerprint density at radius 2 is 1.86 bits per heavy atom. The lowest BCUT2D eigenvalue weighted by atomic mass is 10.3. The lowest BCUT2D eigenvalue weighted by molar-refractivity contribution is -0.217. The van der Waals surface area contributed by atoms with Crippen LogP contribution >= 0.6 is 0 Å². The lowest BCUT2D eigenvalue weighted by Gasteiger charge is -2.25. The van der Waals surface area contributed by atoms with E-state index in [0.29, 0.717) is 0 Å². The molecular formula is C7H15N3O4. The number of hydrogen-bond acceptors (Lipinski definition) is 6. The first-order chi connectivity index (χ1) is 6.58. The molecule has 0 bridgehead atoms. The number of aliphatic carboxylic acids is 1. The predicted octanol–water partition coefficient (Wildman–Crippen LogP) is -1.92. The molecule has 0 spiro atoms. The fourth-order valence-electron chi connectivity index (χ4n) is 1.26. The van der Waals surface area contributed by atoms with Crippen LogP contribution in [0.5, 0.6) is 0 Å². The molecule has 1 aliphatic heterocycles. The average Bonchev–Trinajstić information content (AvgIpc) is 2.58. The molecule has 4 N–H and O–H groups in total. The van der Waals surface area contributed by atoms with Gasteiger partial charge >= 0.3 is 5.97 Å². The van der Waals surface area contributed by atoms with Crippen LogP contribution in [0.4, 0.5) is 0 Å². The van der Waals surface area contributed by atoms with Crippen molar-refractivity contribution in [2.75, 3.05) is 21.1 Å². The van der Waals surface area contributed by atoms with Gasteiger partial charge in [0.2, 0.25) is 0 Å². The molecule has 2 atom stereocenters. The molecule has 1 rings (SSSR count). The van der Waals surface area contributed by atoms with E-state index in [1.165, 1.54) is 0 Å². The molecule has 0 amide bonds. The van der Waals surface area contributed by atoms with Crippen molar-refractivity contribution in [3.63, 3.8) is 0 Å². The number of rotatable bonds is 4. The summed E-state index contributed by atoms with van der Waals surface area (Å²) in [6.07, 6.45) is -1.73. The van der Waals surface area contributed by atoms with Crippen LogP contribution < -0.4 is 16.0 Å². The summed E-state index contributed by atoms with van der Waals surface area (Å²) in [6, 6.07) is -1.24. The normalized spacial score (nSPS) is 30.5. The lowest BCUT2D eigenvalue weighted by Crippen LogP contribution is -2.56. The van der Waals surface area contributed by atoms with E-state index in [1.54, 1.807) is 21.1 Å². The van der Waals surface area contributed by atoms with Crippen LogP contribution in [0.2, 0.25) is 0 Å². The quantitative estimate of drug-likeness (QED) is 0.398. The topological polar surface area (TPSA) is 91.9 Å². The molecule has 0 aliphatic carbocycles. The van der Waals surface area contributed by atoms with Gasteiger partial charge in [-0.1, -0.05) is 0 Å². The summed E-state index contributed by atoms with van der Waals surface area (Å²) in [7, 11) is 4.81. The molecular weight excluding hydrogens is 190 g/mol. The number of likely N-dealkylation sites (N-methyl/N-ethyl adjacent to an activating group) is 1. The Morgan fingerprint density at radius 1 is 1.29 bits per heavy atom. The minimum atomic E-state index is -1.24. The Hall–Kier alpha value is -0.730. The summed E-state index contributed by atoms with van der Waals surface area (Å²) in [5.41, 5.74) is 0. The zero-order valence-corrected chi connectivity index (χ0v) is 8.33. The summed E-state index contributed by atoms with van der Waals surface area (Å²) in [6.45, 7) is 0. The van der Waals surface area contributed by atoms with E-state index in [-0.39, 0.29) is 0 Å². The van der Waals surface area contributed by atoms with Gasteiger partial charge in [0, 0.05) is 0 Å². The van der Waals surface area contributed by atoms with E-state index in [0.717, 1.165) is 0 Å². The molecule has 1 fully saturated rings. The smallest absolute Gasteiger partial charge is 0.337 e. The van der Waals surface area contributed by atoms with Gasteiger partial charge in [-0.2, -0.15) is 0 Å². The minimum Gasteiger partial charge on any atom is -0.479 e. The molecule has 0 aromatic heterocycles. The Kier molecular flexibility index (Phi) is 3.40. The van der Waals surface area contributed by atoms with Crippen molar-refractivity contribution in [2.45, 2.75) is 18.4 Å². The molecule has 2 unspecified atom stereocenters. The summed E-state index contributed by atoms with van der Waals surface area (Å²) in [5, 5.41) is 17.0. The van der Waals surface area contributed by atoms with Gasteiger partial charge in [-0.3, -0.25) is 16.0 Å². The van der Waals surface area contributed by atoms with Crippen LogP contribution in [-0.4, -0.2) is 50.6 Å². The maximum atomic E-state index is 10.8. The first kappa shape index (κ1) is 11.3. The van der Waals surface area contributed by atoms with Gasteiger partial charge in [0.05, 0.1) is 0 Å². The highest BCUT2D eigenvalue weighted by molar-refractivity contribution is 5.73. The van der Waals surface area contributed by atoms with E-state index in [1.807, 2.05) is 0 Å². The molecule has 82 valence electrons. The van der Waals surface area contributed by atoms with Crippen LogP contribution in [0.25, 0.3) is 0 Å². The van der Waals surface area contributed by atoms with E-state index >= 15 is 0 Å². The fraction of sp³-hybridized carbons (Fsp3) is 0.857. The van der Waals surface area contributed by atoms with Crippen molar-refractivity contribution < 1.29 is 19.4 Å². The number of nitrogens with one attached hydrogen (secondary N) is 3. The number of carboxylic acid groups (broad SMARTS) is 1. The van der Waals surface area contributed by atoms with Crippen LogP contribution in [-0.2, 0) is 14.3 Å². The van der Waals surface area contributed by atoms with Gasteiger partial charge in [-0.15, -0.1) is 0 Å². The van der Waals surface area contributed by atoms with Crippen molar-refractivity contribution in [1.29, 1.82) is 0 Å². The maximum Gasteiger partial charge on any atom is 0.337 e. The third-order valence-electron chi connectivity index (χ3n) is 2.05. The van der Waals surface area contributed by atoms with Crippen molar-refractivity contribution in [2.24, 2.45) is 0 Å². The third kappa shape index (κ3) is 1.86. The highest BCUT2D eigenvalue weighted by Gasteiger charge is 2.49. The molecule has 1 heterocycles. The minimum absolute atomic E-state index is 0.688. The third-order valence-corrected chi connectivity index (χ3v) is 2.05. The molecule has 1 saturated heterocycles. The van der Waals surface area contributed by atoms with E-state index < -0.39 is 24.3 Å². The molecule has 7 nitrogen and oxygen atoms in total. The molecule has 0 aromatic rings. The predicted molar refractivity (Wildman–Crippen MR) is 47.3 cm³/mol.